The van der Waals surface area contributed by atoms with Crippen LogP contribution in [-0.2, 0) is 6.18 Å². The molecule has 0 saturated heterocycles. The van der Waals surface area contributed by atoms with E-state index in [-0.39, 0.29) is 24.4 Å². The molecule has 0 unspecified atom stereocenters. The minimum absolute atomic E-state index is 0. The second kappa shape index (κ2) is 5.84. The van der Waals surface area contributed by atoms with Crippen molar-refractivity contribution in [3.05, 3.63) is 35.1 Å². The highest BCUT2D eigenvalue weighted by Crippen LogP contribution is 2.31. The van der Waals surface area contributed by atoms with Crippen LogP contribution in [0.5, 0.6) is 0 Å². The Morgan fingerprint density at radius 2 is 1.94 bits per heavy atom. The summed E-state index contributed by atoms with van der Waals surface area (Å²) in [5.74, 6) is -1.04. The molecule has 1 atom stereocenters. The first-order valence-corrected chi connectivity index (χ1v) is 4.35. The van der Waals surface area contributed by atoms with Crippen molar-refractivity contribution in [2.45, 2.75) is 18.6 Å². The van der Waals surface area contributed by atoms with Gasteiger partial charge in [0.15, 0.2) is 0 Å². The summed E-state index contributed by atoms with van der Waals surface area (Å²) >= 11 is 0. The second-order valence-corrected chi connectivity index (χ2v) is 3.20. The highest BCUT2D eigenvalue weighted by atomic mass is 35.5. The molecule has 0 spiro atoms. The molecule has 0 radical (unpaired) electrons. The Hall–Kier alpha value is -1.32. The highest BCUT2D eigenvalue weighted by molar-refractivity contribution is 5.85. The summed E-state index contributed by atoms with van der Waals surface area (Å²) in [6, 6.07) is 2.90. The summed E-state index contributed by atoms with van der Waals surface area (Å²) in [4.78, 5) is 0. The maximum Gasteiger partial charge on any atom is 0.416 e. The molecule has 7 heteroatoms. The predicted molar refractivity (Wildman–Crippen MR) is 55.8 cm³/mol. The van der Waals surface area contributed by atoms with Gasteiger partial charge in [0.05, 0.1) is 18.1 Å². The molecule has 0 saturated carbocycles. The Bertz CT molecular complexity index is 425. The van der Waals surface area contributed by atoms with Crippen LogP contribution in [0.15, 0.2) is 18.2 Å². The Labute approximate surface area is 101 Å². The van der Waals surface area contributed by atoms with Crippen LogP contribution >= 0.6 is 12.4 Å². The van der Waals surface area contributed by atoms with E-state index in [9.17, 15) is 17.6 Å². The minimum atomic E-state index is -4.58. The maximum absolute atomic E-state index is 13.3. The van der Waals surface area contributed by atoms with Gasteiger partial charge < -0.3 is 5.73 Å². The van der Waals surface area contributed by atoms with Crippen molar-refractivity contribution in [3.8, 4) is 6.07 Å². The lowest BCUT2D eigenvalue weighted by Crippen LogP contribution is -2.13. The molecule has 1 rings (SSSR count). The fourth-order valence-electron chi connectivity index (χ4n) is 1.21. The van der Waals surface area contributed by atoms with E-state index in [1.165, 1.54) is 0 Å². The van der Waals surface area contributed by atoms with Crippen molar-refractivity contribution in [3.63, 3.8) is 0 Å². The molecule has 0 heterocycles. The largest absolute Gasteiger partial charge is 0.416 e. The number of rotatable bonds is 2. The molecule has 0 fully saturated rings. The number of nitrogens with zero attached hydrogens (tertiary/aromatic N) is 1. The standard InChI is InChI=1S/C10H8F4N2.ClH/c11-8-5-6(10(12,13)14)1-2-7(8)9(16)3-4-15;/h1-2,5,9H,3,16H2;1H/t9-;/m0./s1. The first kappa shape index (κ1) is 15.7. The number of hydrogen-bond donors (Lipinski definition) is 1. The van der Waals surface area contributed by atoms with E-state index in [0.29, 0.717) is 6.07 Å². The summed E-state index contributed by atoms with van der Waals surface area (Å²) in [5.41, 5.74) is 4.26. The summed E-state index contributed by atoms with van der Waals surface area (Å²) in [6.45, 7) is 0. The zero-order valence-corrected chi connectivity index (χ0v) is 9.28. The quantitative estimate of drug-likeness (QED) is 0.838. The summed E-state index contributed by atoms with van der Waals surface area (Å²) in [5, 5.41) is 8.34. The molecule has 2 N–H and O–H groups in total. The number of hydrogen-bond acceptors (Lipinski definition) is 2. The molecule has 0 amide bonds. The first-order valence-electron chi connectivity index (χ1n) is 4.35. The molecular weight excluding hydrogens is 260 g/mol. The van der Waals surface area contributed by atoms with Crippen molar-refractivity contribution in [1.29, 1.82) is 5.26 Å². The molecule has 94 valence electrons. The third-order valence-electron chi connectivity index (χ3n) is 2.04. The van der Waals surface area contributed by atoms with Gasteiger partial charge in [-0.25, -0.2) is 4.39 Å². The zero-order valence-electron chi connectivity index (χ0n) is 8.46. The fourth-order valence-corrected chi connectivity index (χ4v) is 1.21. The Morgan fingerprint density at radius 1 is 1.35 bits per heavy atom. The van der Waals surface area contributed by atoms with Gasteiger partial charge in [0.25, 0.3) is 0 Å². The molecule has 1 aromatic rings. The predicted octanol–water partition coefficient (Wildman–Crippen LogP) is 3.18. The molecule has 0 aliphatic heterocycles. The smallest absolute Gasteiger partial charge is 0.323 e. The maximum atomic E-state index is 13.3. The second-order valence-electron chi connectivity index (χ2n) is 3.20. The van der Waals surface area contributed by atoms with Crippen LogP contribution in [0.25, 0.3) is 0 Å². The minimum Gasteiger partial charge on any atom is -0.323 e. The van der Waals surface area contributed by atoms with Gasteiger partial charge >= 0.3 is 6.18 Å². The van der Waals surface area contributed by atoms with Crippen LogP contribution in [0.4, 0.5) is 17.6 Å². The van der Waals surface area contributed by atoms with Crippen molar-refractivity contribution >= 4 is 12.4 Å². The number of nitrogens with two attached hydrogens (primary N) is 1. The molecular formula is C10H9ClF4N2. The van der Waals surface area contributed by atoms with E-state index in [1.54, 1.807) is 6.07 Å². The third kappa shape index (κ3) is 3.88. The fraction of sp³-hybridized carbons (Fsp3) is 0.300. The van der Waals surface area contributed by atoms with E-state index in [0.717, 1.165) is 12.1 Å². The van der Waals surface area contributed by atoms with E-state index in [1.807, 2.05) is 0 Å². The molecule has 0 aliphatic rings. The van der Waals surface area contributed by atoms with Gasteiger partial charge in [-0.05, 0) is 12.1 Å². The number of halogens is 5. The van der Waals surface area contributed by atoms with Gasteiger partial charge in [-0.15, -0.1) is 12.4 Å². The molecule has 0 aliphatic carbocycles. The first-order chi connectivity index (χ1) is 7.36. The lowest BCUT2D eigenvalue weighted by atomic mass is 10.0. The number of benzene rings is 1. The Kier molecular flexibility index (Phi) is 5.39. The lowest BCUT2D eigenvalue weighted by Gasteiger charge is -2.12. The van der Waals surface area contributed by atoms with E-state index in [2.05, 4.69) is 0 Å². The molecule has 17 heavy (non-hydrogen) atoms. The van der Waals surface area contributed by atoms with Gasteiger partial charge in [-0.1, -0.05) is 6.07 Å². The SMILES string of the molecule is Cl.N#CC[C@H](N)c1ccc(C(F)(F)F)cc1F. The van der Waals surface area contributed by atoms with Gasteiger partial charge in [0.1, 0.15) is 5.82 Å². The molecule has 0 bridgehead atoms. The van der Waals surface area contributed by atoms with E-state index < -0.39 is 23.6 Å². The van der Waals surface area contributed by atoms with Crippen molar-refractivity contribution in [2.75, 3.05) is 0 Å². The lowest BCUT2D eigenvalue weighted by molar-refractivity contribution is -0.137. The van der Waals surface area contributed by atoms with Crippen LogP contribution in [0.1, 0.15) is 23.6 Å². The average Bonchev–Trinajstić information content (AvgIpc) is 2.16. The monoisotopic (exact) mass is 268 g/mol. The van der Waals surface area contributed by atoms with E-state index in [4.69, 9.17) is 11.0 Å². The van der Waals surface area contributed by atoms with Crippen molar-refractivity contribution in [2.24, 2.45) is 5.73 Å². The van der Waals surface area contributed by atoms with Gasteiger partial charge in [0.2, 0.25) is 0 Å². The topological polar surface area (TPSA) is 49.8 Å². The zero-order chi connectivity index (χ0) is 12.3. The molecule has 1 aromatic carbocycles. The third-order valence-corrected chi connectivity index (χ3v) is 2.04. The van der Waals surface area contributed by atoms with Gasteiger partial charge in [-0.2, -0.15) is 18.4 Å². The van der Waals surface area contributed by atoms with Crippen molar-refractivity contribution in [1.82, 2.24) is 0 Å². The van der Waals surface area contributed by atoms with Crippen LogP contribution in [0.2, 0.25) is 0 Å². The summed E-state index contributed by atoms with van der Waals surface area (Å²) in [7, 11) is 0. The van der Waals surface area contributed by atoms with Crippen LogP contribution < -0.4 is 5.73 Å². The average molecular weight is 269 g/mol. The number of alkyl halides is 3. The van der Waals surface area contributed by atoms with Crippen LogP contribution in [0.3, 0.4) is 0 Å². The summed E-state index contributed by atoms with van der Waals surface area (Å²) in [6.07, 6.45) is -4.74. The number of nitriles is 1. The normalized spacial score (nSPS) is 12.5. The van der Waals surface area contributed by atoms with Crippen LogP contribution in [-0.4, -0.2) is 0 Å². The van der Waals surface area contributed by atoms with Gasteiger partial charge in [0, 0.05) is 11.6 Å². The Balaban J connectivity index is 0.00000256. The summed E-state index contributed by atoms with van der Waals surface area (Å²) < 4.78 is 49.9. The van der Waals surface area contributed by atoms with Crippen LogP contribution in [0, 0.1) is 17.1 Å². The van der Waals surface area contributed by atoms with Crippen molar-refractivity contribution < 1.29 is 17.6 Å². The van der Waals surface area contributed by atoms with E-state index >= 15 is 0 Å². The van der Waals surface area contributed by atoms with Gasteiger partial charge in [-0.3, -0.25) is 0 Å². The Morgan fingerprint density at radius 3 is 2.35 bits per heavy atom. The molecule has 0 aromatic heterocycles. The molecule has 2 nitrogen and oxygen atoms in total. The highest BCUT2D eigenvalue weighted by Gasteiger charge is 2.31.